The number of aromatic nitrogens is 4. The number of hydrogen-bond donors (Lipinski definition) is 1. The Morgan fingerprint density at radius 3 is 2.60 bits per heavy atom. The van der Waals surface area contributed by atoms with E-state index in [-0.39, 0.29) is 6.47 Å². The van der Waals surface area contributed by atoms with Gasteiger partial charge in [0, 0.05) is 0 Å². The molecule has 0 unspecified atom stereocenters. The number of carboxylic acid groups (broad SMARTS) is 1. The van der Waals surface area contributed by atoms with E-state index in [2.05, 4.69) is 15.4 Å². The first-order valence-corrected chi connectivity index (χ1v) is 2.63. The Morgan fingerprint density at radius 2 is 2.40 bits per heavy atom. The van der Waals surface area contributed by atoms with Crippen molar-refractivity contribution in [2.45, 2.75) is 13.5 Å². The molecule has 1 heterocycles. The highest BCUT2D eigenvalue weighted by molar-refractivity contribution is 5.32. The highest BCUT2D eigenvalue weighted by Crippen LogP contribution is 1.67. The smallest absolute Gasteiger partial charge is 0.290 e. The summed E-state index contributed by atoms with van der Waals surface area (Å²) in [5, 5.41) is 17.7. The maximum absolute atomic E-state index is 8.36. The summed E-state index contributed by atoms with van der Waals surface area (Å²) in [5.74, 6) is 0. The summed E-state index contributed by atoms with van der Waals surface area (Å²) in [6.07, 6.45) is 1.42. The maximum Gasteiger partial charge on any atom is 0.290 e. The third-order valence-electron chi connectivity index (χ3n) is 0.674. The van der Waals surface area contributed by atoms with Crippen LogP contribution in [0.4, 0.5) is 0 Å². The van der Waals surface area contributed by atoms with Gasteiger partial charge in [0.25, 0.3) is 6.47 Å². The van der Waals surface area contributed by atoms with E-state index in [4.69, 9.17) is 9.90 Å². The van der Waals surface area contributed by atoms with E-state index in [1.165, 1.54) is 11.1 Å². The zero-order valence-corrected chi connectivity index (χ0v) is 5.51. The summed E-state index contributed by atoms with van der Waals surface area (Å²) in [6.45, 7) is 2.50. The Kier molecular flexibility index (Phi) is 4.84. The molecule has 0 atom stereocenters. The fraction of sp³-hybridized carbons (Fsp3) is 0.500. The zero-order valence-electron chi connectivity index (χ0n) is 5.51. The average molecular weight is 144 g/mol. The first kappa shape index (κ1) is 8.54. The number of hydrogen-bond acceptors (Lipinski definition) is 4. The molecule has 6 heteroatoms. The van der Waals surface area contributed by atoms with Crippen molar-refractivity contribution in [2.24, 2.45) is 0 Å². The molecule has 1 aromatic rings. The summed E-state index contributed by atoms with van der Waals surface area (Å²) in [5.41, 5.74) is 0. The number of aryl methyl sites for hydroxylation is 1. The topological polar surface area (TPSA) is 80.9 Å². The van der Waals surface area contributed by atoms with Crippen molar-refractivity contribution < 1.29 is 9.90 Å². The van der Waals surface area contributed by atoms with E-state index in [1.807, 2.05) is 6.92 Å². The molecule has 0 aliphatic rings. The minimum atomic E-state index is -0.250. The molecule has 1 rings (SSSR count). The highest BCUT2D eigenvalue weighted by Gasteiger charge is 1.80. The summed E-state index contributed by atoms with van der Waals surface area (Å²) in [7, 11) is 0. The molecule has 0 amide bonds. The molecule has 6 nitrogen and oxygen atoms in total. The predicted octanol–water partition coefficient (Wildman–Crippen LogP) is -0.606. The van der Waals surface area contributed by atoms with E-state index < -0.39 is 0 Å². The molecule has 0 aliphatic heterocycles. The van der Waals surface area contributed by atoms with Crippen molar-refractivity contribution in [3.8, 4) is 0 Å². The minimum Gasteiger partial charge on any atom is -0.483 e. The van der Waals surface area contributed by atoms with Gasteiger partial charge in [0.1, 0.15) is 0 Å². The summed E-state index contributed by atoms with van der Waals surface area (Å²) in [4.78, 5) is 9.88. The van der Waals surface area contributed by atoms with Gasteiger partial charge in [-0.2, -0.15) is 4.80 Å². The molecule has 0 spiro atoms. The van der Waals surface area contributed by atoms with Crippen molar-refractivity contribution >= 4 is 6.47 Å². The normalized spacial score (nSPS) is 7.70. The van der Waals surface area contributed by atoms with Crippen LogP contribution in [-0.4, -0.2) is 31.8 Å². The van der Waals surface area contributed by atoms with E-state index in [0.29, 0.717) is 0 Å². The largest absolute Gasteiger partial charge is 0.483 e. The molecule has 0 radical (unpaired) electrons. The van der Waals surface area contributed by atoms with Crippen LogP contribution in [0.5, 0.6) is 0 Å². The van der Waals surface area contributed by atoms with Gasteiger partial charge in [0.05, 0.1) is 6.54 Å². The molecule has 0 aliphatic carbocycles. The SMILES string of the molecule is CCn1ncnn1.O=CO. The van der Waals surface area contributed by atoms with Crippen molar-refractivity contribution in [1.82, 2.24) is 20.2 Å². The molecule has 0 fully saturated rings. The molecular formula is C4H8N4O2. The maximum atomic E-state index is 8.36. The number of carbonyl (C=O) groups is 1. The van der Waals surface area contributed by atoms with E-state index >= 15 is 0 Å². The van der Waals surface area contributed by atoms with Gasteiger partial charge >= 0.3 is 0 Å². The Balaban J connectivity index is 0.000000236. The lowest BCUT2D eigenvalue weighted by molar-refractivity contribution is -0.122. The zero-order chi connectivity index (χ0) is 7.82. The quantitative estimate of drug-likeness (QED) is 0.532. The standard InChI is InChI=1S/C3H6N4.CH2O2/c1-2-7-5-3-4-6-7;2-1-3/h3H,2H2,1H3;1H,(H,2,3). The van der Waals surface area contributed by atoms with Crippen LogP contribution in [0, 0.1) is 0 Å². The lowest BCUT2D eigenvalue weighted by atomic mass is 10.8. The minimum absolute atomic E-state index is 0.250. The van der Waals surface area contributed by atoms with Gasteiger partial charge in [-0.15, -0.1) is 10.2 Å². The molecule has 56 valence electrons. The van der Waals surface area contributed by atoms with Gasteiger partial charge in [-0.1, -0.05) is 0 Å². The van der Waals surface area contributed by atoms with Crippen LogP contribution < -0.4 is 0 Å². The molecule has 0 saturated carbocycles. The fourth-order valence-electron chi connectivity index (χ4n) is 0.333. The molecular weight excluding hydrogens is 136 g/mol. The highest BCUT2D eigenvalue weighted by atomic mass is 16.3. The summed E-state index contributed by atoms with van der Waals surface area (Å²) < 4.78 is 0. The molecule has 1 N–H and O–H groups in total. The fourth-order valence-corrected chi connectivity index (χ4v) is 0.333. The second-order valence-electron chi connectivity index (χ2n) is 1.23. The third-order valence-corrected chi connectivity index (χ3v) is 0.674. The summed E-state index contributed by atoms with van der Waals surface area (Å²) in [6, 6.07) is 0. The second kappa shape index (κ2) is 5.67. The number of tetrazole rings is 1. The van der Waals surface area contributed by atoms with Crippen LogP contribution in [0.1, 0.15) is 6.92 Å². The van der Waals surface area contributed by atoms with Crippen molar-refractivity contribution in [1.29, 1.82) is 0 Å². The van der Waals surface area contributed by atoms with Crippen molar-refractivity contribution in [3.05, 3.63) is 6.33 Å². The van der Waals surface area contributed by atoms with Gasteiger partial charge in [0.15, 0.2) is 6.33 Å². The molecule has 0 aromatic carbocycles. The van der Waals surface area contributed by atoms with Crippen LogP contribution in [0.3, 0.4) is 0 Å². The van der Waals surface area contributed by atoms with Gasteiger partial charge in [0.2, 0.25) is 0 Å². The Bertz CT molecular complexity index is 162. The van der Waals surface area contributed by atoms with E-state index in [0.717, 1.165) is 6.54 Å². The third kappa shape index (κ3) is 3.53. The second-order valence-corrected chi connectivity index (χ2v) is 1.23. The van der Waals surface area contributed by atoms with Gasteiger partial charge in [-0.3, -0.25) is 4.79 Å². The molecule has 1 aromatic heterocycles. The van der Waals surface area contributed by atoms with Crippen molar-refractivity contribution in [2.75, 3.05) is 0 Å². The number of nitrogens with zero attached hydrogens (tertiary/aromatic N) is 4. The van der Waals surface area contributed by atoms with E-state index in [9.17, 15) is 0 Å². The number of rotatable bonds is 1. The summed E-state index contributed by atoms with van der Waals surface area (Å²) >= 11 is 0. The monoisotopic (exact) mass is 144 g/mol. The van der Waals surface area contributed by atoms with Crippen LogP contribution in [0.15, 0.2) is 6.33 Å². The van der Waals surface area contributed by atoms with Crippen LogP contribution in [-0.2, 0) is 11.3 Å². The van der Waals surface area contributed by atoms with Gasteiger partial charge < -0.3 is 5.11 Å². The first-order valence-electron chi connectivity index (χ1n) is 2.63. The lowest BCUT2D eigenvalue weighted by Gasteiger charge is -1.82. The molecule has 10 heavy (non-hydrogen) atoms. The Morgan fingerprint density at radius 1 is 1.80 bits per heavy atom. The van der Waals surface area contributed by atoms with Gasteiger partial charge in [-0.25, -0.2) is 0 Å². The average Bonchev–Trinajstić information content (AvgIpc) is 2.39. The van der Waals surface area contributed by atoms with Crippen LogP contribution >= 0.6 is 0 Å². The molecule has 0 saturated heterocycles. The van der Waals surface area contributed by atoms with Crippen LogP contribution in [0.2, 0.25) is 0 Å². The van der Waals surface area contributed by atoms with Crippen molar-refractivity contribution in [3.63, 3.8) is 0 Å². The Hall–Kier alpha value is -1.46. The van der Waals surface area contributed by atoms with Gasteiger partial charge in [-0.05, 0) is 12.1 Å². The van der Waals surface area contributed by atoms with E-state index in [1.54, 1.807) is 0 Å². The first-order chi connectivity index (χ1) is 4.85. The Labute approximate surface area is 57.5 Å². The predicted molar refractivity (Wildman–Crippen MR) is 32.2 cm³/mol. The van der Waals surface area contributed by atoms with Crippen LogP contribution in [0.25, 0.3) is 0 Å². The molecule has 0 bridgehead atoms. The lowest BCUT2D eigenvalue weighted by Crippen LogP contribution is -1.97.